The number of carboxylic acid groups (broad SMARTS) is 1. The molecule has 5 heteroatoms. The van der Waals surface area contributed by atoms with Crippen LogP contribution in [0, 0.1) is 0 Å². The van der Waals surface area contributed by atoms with Crippen LogP contribution in [0.3, 0.4) is 0 Å². The number of hydrogen-bond donors (Lipinski definition) is 2. The predicted octanol–water partition coefficient (Wildman–Crippen LogP) is 2.01. The summed E-state index contributed by atoms with van der Waals surface area (Å²) >= 11 is 0. The summed E-state index contributed by atoms with van der Waals surface area (Å²) in [6.07, 6.45) is 1.04. The minimum absolute atomic E-state index is 0.0238. The van der Waals surface area contributed by atoms with Gasteiger partial charge in [0.05, 0.1) is 6.61 Å². The number of fused-ring (bicyclic) bond motifs is 1. The van der Waals surface area contributed by atoms with Crippen molar-refractivity contribution in [3.63, 3.8) is 0 Å². The molecule has 0 spiro atoms. The van der Waals surface area contributed by atoms with Gasteiger partial charge < -0.3 is 19.6 Å². The molecule has 0 radical (unpaired) electrons. The largest absolute Gasteiger partial charge is 0.475 e. The molecule has 1 aliphatic rings. The highest BCUT2D eigenvalue weighted by Crippen LogP contribution is 2.21. The summed E-state index contributed by atoms with van der Waals surface area (Å²) in [6.45, 7) is 2.33. The summed E-state index contributed by atoms with van der Waals surface area (Å²) in [5.74, 6) is -1.07. The normalized spacial score (nSPS) is 19.1. The molecular formula is C14H15NO4. The van der Waals surface area contributed by atoms with Crippen molar-refractivity contribution in [1.82, 2.24) is 5.32 Å². The lowest BCUT2D eigenvalue weighted by atomic mass is 10.1. The van der Waals surface area contributed by atoms with Crippen molar-refractivity contribution in [3.8, 4) is 0 Å². The molecule has 1 aliphatic heterocycles. The van der Waals surface area contributed by atoms with Crippen molar-refractivity contribution in [3.05, 3.63) is 35.6 Å². The van der Waals surface area contributed by atoms with Gasteiger partial charge in [-0.25, -0.2) is 4.79 Å². The number of nitrogens with one attached hydrogen (secondary N) is 1. The maximum absolute atomic E-state index is 10.8. The molecule has 2 N–H and O–H groups in total. The molecule has 0 aliphatic carbocycles. The maximum Gasteiger partial charge on any atom is 0.371 e. The molecule has 2 aromatic rings. The predicted molar refractivity (Wildman–Crippen MR) is 69.2 cm³/mol. The topological polar surface area (TPSA) is 71.7 Å². The Hall–Kier alpha value is -1.85. The van der Waals surface area contributed by atoms with Crippen LogP contribution < -0.4 is 5.32 Å². The van der Waals surface area contributed by atoms with Crippen molar-refractivity contribution in [1.29, 1.82) is 0 Å². The number of hydrogen-bond acceptors (Lipinski definition) is 4. The van der Waals surface area contributed by atoms with E-state index in [1.807, 2.05) is 18.2 Å². The molecular weight excluding hydrogens is 246 g/mol. The molecule has 5 nitrogen and oxygen atoms in total. The molecule has 1 fully saturated rings. The van der Waals surface area contributed by atoms with Crippen molar-refractivity contribution >= 4 is 16.9 Å². The highest BCUT2D eigenvalue weighted by atomic mass is 16.5. The van der Waals surface area contributed by atoms with Gasteiger partial charge in [0, 0.05) is 24.6 Å². The van der Waals surface area contributed by atoms with Crippen LogP contribution in [-0.2, 0) is 11.3 Å². The standard InChI is InChI=1S/C14H15NO4/c16-14(17)13-6-10-5-9(1-2-12(10)19-13)7-15-11-3-4-18-8-11/h1-2,5-6,11,15H,3-4,7-8H2,(H,16,17). The number of aromatic carboxylic acids is 1. The Morgan fingerprint density at radius 1 is 1.42 bits per heavy atom. The van der Waals surface area contributed by atoms with Gasteiger partial charge in [0.2, 0.25) is 5.76 Å². The van der Waals surface area contributed by atoms with Gasteiger partial charge in [-0.1, -0.05) is 6.07 Å². The molecule has 1 atom stereocenters. The van der Waals surface area contributed by atoms with Crippen LogP contribution in [0.5, 0.6) is 0 Å². The summed E-state index contributed by atoms with van der Waals surface area (Å²) in [6, 6.07) is 7.67. The Morgan fingerprint density at radius 2 is 2.32 bits per heavy atom. The molecule has 0 saturated carbocycles. The summed E-state index contributed by atoms with van der Waals surface area (Å²) < 4.78 is 10.5. The molecule has 1 saturated heterocycles. The second-order valence-corrected chi connectivity index (χ2v) is 4.73. The Kier molecular flexibility index (Phi) is 3.23. The van der Waals surface area contributed by atoms with Gasteiger partial charge in [-0.3, -0.25) is 0 Å². The fraction of sp³-hybridized carbons (Fsp3) is 0.357. The van der Waals surface area contributed by atoms with Crippen LogP contribution in [0.25, 0.3) is 11.0 Å². The second kappa shape index (κ2) is 5.03. The Balaban J connectivity index is 1.74. The van der Waals surface area contributed by atoms with Crippen LogP contribution in [0.4, 0.5) is 0 Å². The highest BCUT2D eigenvalue weighted by Gasteiger charge is 2.15. The Morgan fingerprint density at radius 3 is 3.05 bits per heavy atom. The van der Waals surface area contributed by atoms with Gasteiger partial charge >= 0.3 is 5.97 Å². The molecule has 19 heavy (non-hydrogen) atoms. The first-order valence-electron chi connectivity index (χ1n) is 6.29. The van der Waals surface area contributed by atoms with E-state index in [1.165, 1.54) is 0 Å². The molecule has 0 amide bonds. The first-order chi connectivity index (χ1) is 9.22. The molecule has 1 aromatic heterocycles. The number of rotatable bonds is 4. The Labute approximate surface area is 110 Å². The van der Waals surface area contributed by atoms with E-state index in [4.69, 9.17) is 14.3 Å². The molecule has 2 heterocycles. The fourth-order valence-corrected chi connectivity index (χ4v) is 2.27. The second-order valence-electron chi connectivity index (χ2n) is 4.73. The zero-order valence-corrected chi connectivity index (χ0v) is 10.4. The average molecular weight is 261 g/mol. The smallest absolute Gasteiger partial charge is 0.371 e. The molecule has 1 unspecified atom stereocenters. The molecule has 100 valence electrons. The molecule has 3 rings (SSSR count). The number of carboxylic acids is 1. The average Bonchev–Trinajstić information content (AvgIpc) is 3.04. The lowest BCUT2D eigenvalue weighted by Gasteiger charge is -2.10. The summed E-state index contributed by atoms with van der Waals surface area (Å²) in [5.41, 5.74) is 1.71. The Bertz CT molecular complexity index is 599. The minimum atomic E-state index is -1.04. The van der Waals surface area contributed by atoms with Crippen LogP contribution in [0.15, 0.2) is 28.7 Å². The van der Waals surface area contributed by atoms with E-state index in [9.17, 15) is 4.79 Å². The van der Waals surface area contributed by atoms with Crippen LogP contribution in [0.1, 0.15) is 22.5 Å². The van der Waals surface area contributed by atoms with E-state index in [0.717, 1.165) is 37.1 Å². The first kappa shape index (κ1) is 12.2. The minimum Gasteiger partial charge on any atom is -0.475 e. The third-order valence-electron chi connectivity index (χ3n) is 3.32. The third-order valence-corrected chi connectivity index (χ3v) is 3.32. The number of furan rings is 1. The SMILES string of the molecule is O=C(O)c1cc2cc(CNC3CCOC3)ccc2o1. The third kappa shape index (κ3) is 2.62. The van der Waals surface area contributed by atoms with Crippen molar-refractivity contribution < 1.29 is 19.1 Å². The van der Waals surface area contributed by atoms with E-state index in [2.05, 4.69) is 5.32 Å². The van der Waals surface area contributed by atoms with E-state index in [1.54, 1.807) is 6.07 Å². The van der Waals surface area contributed by atoms with E-state index < -0.39 is 5.97 Å². The lowest BCUT2D eigenvalue weighted by Crippen LogP contribution is -2.28. The first-order valence-corrected chi connectivity index (χ1v) is 6.29. The van der Waals surface area contributed by atoms with Crippen molar-refractivity contribution in [2.45, 2.75) is 19.0 Å². The molecule has 0 bridgehead atoms. The number of benzene rings is 1. The van der Waals surface area contributed by atoms with Gasteiger partial charge in [-0.15, -0.1) is 0 Å². The van der Waals surface area contributed by atoms with Gasteiger partial charge in [0.25, 0.3) is 0 Å². The lowest BCUT2D eigenvalue weighted by molar-refractivity contribution is 0.0665. The fourth-order valence-electron chi connectivity index (χ4n) is 2.27. The van der Waals surface area contributed by atoms with Gasteiger partial charge in [-0.2, -0.15) is 0 Å². The van der Waals surface area contributed by atoms with Crippen LogP contribution in [0.2, 0.25) is 0 Å². The number of carbonyl (C=O) groups is 1. The summed E-state index contributed by atoms with van der Waals surface area (Å²) in [7, 11) is 0. The number of ether oxygens (including phenoxy) is 1. The summed E-state index contributed by atoms with van der Waals surface area (Å²) in [4.78, 5) is 10.8. The quantitative estimate of drug-likeness (QED) is 0.880. The van der Waals surface area contributed by atoms with E-state index >= 15 is 0 Å². The maximum atomic E-state index is 10.8. The zero-order chi connectivity index (χ0) is 13.2. The zero-order valence-electron chi connectivity index (χ0n) is 10.4. The monoisotopic (exact) mass is 261 g/mol. The van der Waals surface area contributed by atoms with Crippen molar-refractivity contribution in [2.75, 3.05) is 13.2 Å². The molecule has 1 aromatic carbocycles. The van der Waals surface area contributed by atoms with Crippen molar-refractivity contribution in [2.24, 2.45) is 0 Å². The van der Waals surface area contributed by atoms with Crippen LogP contribution >= 0.6 is 0 Å². The van der Waals surface area contributed by atoms with Gasteiger partial charge in [0.1, 0.15) is 5.58 Å². The van der Waals surface area contributed by atoms with E-state index in [0.29, 0.717) is 11.6 Å². The van der Waals surface area contributed by atoms with Gasteiger partial charge in [0.15, 0.2) is 0 Å². The van der Waals surface area contributed by atoms with Crippen LogP contribution in [-0.4, -0.2) is 30.3 Å². The van der Waals surface area contributed by atoms with Gasteiger partial charge in [-0.05, 0) is 30.2 Å². The highest BCUT2D eigenvalue weighted by molar-refractivity contribution is 5.91. The van der Waals surface area contributed by atoms with E-state index in [-0.39, 0.29) is 5.76 Å². The summed E-state index contributed by atoms with van der Waals surface area (Å²) in [5, 5.41) is 13.1.